The molecule has 2 N–H and O–H groups in total. The summed E-state index contributed by atoms with van der Waals surface area (Å²) in [6, 6.07) is 16.5. The van der Waals surface area contributed by atoms with E-state index in [1.165, 1.54) is 19.0 Å². The number of carbonyl (C=O) groups excluding carboxylic acids is 2. The van der Waals surface area contributed by atoms with E-state index >= 15 is 0 Å². The first-order valence-electron chi connectivity index (χ1n) is 19.3. The van der Waals surface area contributed by atoms with Crippen LogP contribution in [0.3, 0.4) is 0 Å². The summed E-state index contributed by atoms with van der Waals surface area (Å²) in [6.45, 7) is 6.68. The Morgan fingerprint density at radius 2 is 1.77 bits per heavy atom. The van der Waals surface area contributed by atoms with Crippen molar-refractivity contribution in [2.24, 2.45) is 5.92 Å². The van der Waals surface area contributed by atoms with Gasteiger partial charge in [0.15, 0.2) is 5.01 Å². The van der Waals surface area contributed by atoms with Crippen LogP contribution < -0.4 is 20.4 Å². The molecule has 4 aliphatic heterocycles. The number of hydrogen-bond donors (Lipinski definition) is 2. The third-order valence-corrected chi connectivity index (χ3v) is 12.7. The summed E-state index contributed by atoms with van der Waals surface area (Å²) in [7, 11) is 0. The first-order chi connectivity index (χ1) is 27.3. The molecule has 0 aromatic carbocycles. The normalized spacial score (nSPS) is 22.2. The smallest absolute Gasteiger partial charge is 0.234 e. The highest BCUT2D eigenvalue weighted by Crippen LogP contribution is 2.39. The van der Waals surface area contributed by atoms with Gasteiger partial charge in [-0.1, -0.05) is 17.4 Å². The SMILES string of the molecule is C[C@@H](C#N)Nc1cc(-c2ccc3cc(C#N)cnn23)ncc1-c1nnc(N2CC3CCC(C2)N3CC2CCN(c3ccc([C@H]4CCC(=O)NC4=O)cn3)CC2)s1. The lowest BCUT2D eigenvalue weighted by atomic mass is 9.91. The fourth-order valence-corrected chi connectivity index (χ4v) is 9.63. The summed E-state index contributed by atoms with van der Waals surface area (Å²) in [4.78, 5) is 40.9. The maximum Gasteiger partial charge on any atom is 0.234 e. The summed E-state index contributed by atoms with van der Waals surface area (Å²) in [5.41, 5.74) is 5.13. The Bertz CT molecular complexity index is 2360. The van der Waals surface area contributed by atoms with Crippen LogP contribution >= 0.6 is 11.3 Å². The molecule has 9 rings (SSSR count). The van der Waals surface area contributed by atoms with Crippen molar-refractivity contribution in [2.45, 2.75) is 69.5 Å². The molecule has 5 aromatic rings. The van der Waals surface area contributed by atoms with Crippen molar-refractivity contribution in [3.05, 3.63) is 66.1 Å². The number of amides is 2. The number of hydrogen-bond acceptors (Lipinski definition) is 14. The van der Waals surface area contributed by atoms with Gasteiger partial charge in [-0.2, -0.15) is 15.6 Å². The molecule has 0 radical (unpaired) electrons. The lowest BCUT2D eigenvalue weighted by Gasteiger charge is -2.43. The average molecular weight is 768 g/mol. The number of rotatable bonds is 9. The Labute approximate surface area is 328 Å². The first kappa shape index (κ1) is 35.7. The van der Waals surface area contributed by atoms with Gasteiger partial charge in [-0.3, -0.25) is 24.8 Å². The molecule has 2 unspecified atom stereocenters. The lowest BCUT2D eigenvalue weighted by molar-refractivity contribution is -0.134. The summed E-state index contributed by atoms with van der Waals surface area (Å²) in [5.74, 6) is 0.830. The summed E-state index contributed by atoms with van der Waals surface area (Å²) in [5, 5.41) is 40.1. The second-order valence-electron chi connectivity index (χ2n) is 15.3. The molecule has 4 saturated heterocycles. The second-order valence-corrected chi connectivity index (χ2v) is 16.2. The zero-order chi connectivity index (χ0) is 38.3. The van der Waals surface area contributed by atoms with Gasteiger partial charge in [0.25, 0.3) is 0 Å². The maximum atomic E-state index is 12.3. The van der Waals surface area contributed by atoms with Crippen molar-refractivity contribution in [2.75, 3.05) is 47.8 Å². The van der Waals surface area contributed by atoms with E-state index in [1.54, 1.807) is 34.3 Å². The van der Waals surface area contributed by atoms with Crippen molar-refractivity contribution in [3.63, 3.8) is 0 Å². The van der Waals surface area contributed by atoms with E-state index in [4.69, 9.17) is 9.97 Å². The molecule has 4 atom stereocenters. The molecule has 16 heteroatoms. The van der Waals surface area contributed by atoms with Gasteiger partial charge in [-0.25, -0.2) is 9.50 Å². The number of nitrogens with zero attached hydrogens (tertiary/aromatic N) is 11. The molecular weight excluding hydrogens is 727 g/mol. The zero-order valence-corrected chi connectivity index (χ0v) is 31.8. The topological polar surface area (TPSA) is 184 Å². The Hall–Kier alpha value is -5.97. The molecule has 4 aliphatic rings. The minimum atomic E-state index is -0.442. The number of piperidine rings is 2. The number of nitriles is 2. The van der Waals surface area contributed by atoms with Crippen molar-refractivity contribution >= 4 is 45.3 Å². The number of carbonyl (C=O) groups is 2. The van der Waals surface area contributed by atoms with E-state index in [1.807, 2.05) is 37.3 Å². The van der Waals surface area contributed by atoms with Gasteiger partial charge in [-0.05, 0) is 80.8 Å². The summed E-state index contributed by atoms with van der Waals surface area (Å²) >= 11 is 1.56. The number of aromatic nitrogens is 6. The molecular formula is C40H41N13O2S. The van der Waals surface area contributed by atoms with E-state index in [2.05, 4.69) is 52.8 Å². The third-order valence-electron chi connectivity index (χ3n) is 11.7. The van der Waals surface area contributed by atoms with Crippen molar-refractivity contribution in [1.29, 1.82) is 10.5 Å². The highest BCUT2D eigenvalue weighted by Gasteiger charge is 2.42. The Balaban J connectivity index is 0.836. The van der Waals surface area contributed by atoms with Crippen LogP contribution in [0.25, 0.3) is 27.5 Å². The molecule has 2 bridgehead atoms. The molecule has 5 aromatic heterocycles. The van der Waals surface area contributed by atoms with Gasteiger partial charge >= 0.3 is 0 Å². The van der Waals surface area contributed by atoms with Crippen molar-refractivity contribution in [3.8, 4) is 34.1 Å². The fourth-order valence-electron chi connectivity index (χ4n) is 8.75. The van der Waals surface area contributed by atoms with Crippen LogP contribution in [0.1, 0.15) is 62.5 Å². The predicted octanol–water partition coefficient (Wildman–Crippen LogP) is 4.60. The van der Waals surface area contributed by atoms with Gasteiger partial charge in [-0.15, -0.1) is 10.2 Å². The van der Waals surface area contributed by atoms with E-state index in [9.17, 15) is 20.1 Å². The van der Waals surface area contributed by atoms with Gasteiger partial charge in [0.05, 0.1) is 46.2 Å². The quantitative estimate of drug-likeness (QED) is 0.199. The molecule has 56 heavy (non-hydrogen) atoms. The second kappa shape index (κ2) is 14.9. The van der Waals surface area contributed by atoms with Crippen LogP contribution in [0, 0.1) is 28.6 Å². The molecule has 2 amide bonds. The standard InChI is InChI=1S/C40H41N13O2S/c1-24(16-41)46-33-15-34(35-7-5-28-14-26(17-42)18-45-53(28)35)43-20-32(33)39-48-49-40(56-39)51-22-29-3-4-30(23-51)52(29)21-25-10-12-50(13-11-25)36-8-2-27(19-44-36)31-6-9-37(54)47-38(31)55/h2,5,7-8,14-15,18-20,24-25,29-31H,3-4,6,9-13,21-23H2,1H3,(H,43,46)(H,47,54,55)/t24-,29?,30?,31+/m0/s1. The van der Waals surface area contributed by atoms with Crippen LogP contribution in [-0.4, -0.2) is 97.3 Å². The van der Waals surface area contributed by atoms with E-state index in [0.29, 0.717) is 42.1 Å². The van der Waals surface area contributed by atoms with Crippen LogP contribution in [0.2, 0.25) is 0 Å². The highest BCUT2D eigenvalue weighted by molar-refractivity contribution is 7.18. The molecule has 284 valence electrons. The molecule has 15 nitrogen and oxygen atoms in total. The molecule has 0 spiro atoms. The first-order valence-corrected chi connectivity index (χ1v) is 20.1. The van der Waals surface area contributed by atoms with E-state index in [0.717, 1.165) is 89.5 Å². The Kier molecular flexibility index (Phi) is 9.52. The van der Waals surface area contributed by atoms with Crippen molar-refractivity contribution < 1.29 is 9.59 Å². The predicted molar refractivity (Wildman–Crippen MR) is 211 cm³/mol. The minimum Gasteiger partial charge on any atom is -0.369 e. The van der Waals surface area contributed by atoms with Gasteiger partial charge in [0, 0.05) is 69.3 Å². The maximum absolute atomic E-state index is 12.3. The zero-order valence-electron chi connectivity index (χ0n) is 31.0. The van der Waals surface area contributed by atoms with Gasteiger partial charge in [0.1, 0.15) is 17.9 Å². The highest BCUT2D eigenvalue weighted by atomic mass is 32.1. The van der Waals surface area contributed by atoms with E-state index in [-0.39, 0.29) is 17.7 Å². The largest absolute Gasteiger partial charge is 0.369 e. The number of pyridine rings is 2. The lowest BCUT2D eigenvalue weighted by Crippen LogP contribution is -2.55. The third kappa shape index (κ3) is 6.91. The number of nitrogens with one attached hydrogen (secondary N) is 2. The van der Waals surface area contributed by atoms with Crippen LogP contribution in [0.15, 0.2) is 55.0 Å². The van der Waals surface area contributed by atoms with Crippen LogP contribution in [-0.2, 0) is 9.59 Å². The summed E-state index contributed by atoms with van der Waals surface area (Å²) < 4.78 is 1.76. The molecule has 0 saturated carbocycles. The van der Waals surface area contributed by atoms with Gasteiger partial charge in [0.2, 0.25) is 16.9 Å². The summed E-state index contributed by atoms with van der Waals surface area (Å²) in [6.07, 6.45) is 10.6. The number of imide groups is 1. The van der Waals surface area contributed by atoms with Crippen molar-refractivity contribution in [1.82, 2.24) is 40.0 Å². The molecule has 9 heterocycles. The Morgan fingerprint density at radius 3 is 2.50 bits per heavy atom. The van der Waals surface area contributed by atoms with Crippen LogP contribution in [0.4, 0.5) is 16.6 Å². The van der Waals surface area contributed by atoms with Gasteiger partial charge < -0.3 is 15.1 Å². The Morgan fingerprint density at radius 1 is 0.946 bits per heavy atom. The number of piperazine rings is 1. The minimum absolute atomic E-state index is 0.202. The number of fused-ring (bicyclic) bond motifs is 3. The monoisotopic (exact) mass is 767 g/mol. The van der Waals surface area contributed by atoms with E-state index < -0.39 is 6.04 Å². The molecule has 4 fully saturated rings. The number of anilines is 3. The fraction of sp³-hybridized carbons (Fsp3) is 0.425. The average Bonchev–Trinajstić information content (AvgIpc) is 3.93. The molecule has 0 aliphatic carbocycles. The van der Waals surface area contributed by atoms with Crippen LogP contribution in [0.5, 0.6) is 0 Å².